The maximum Gasteiger partial charge on any atom is 0.107 e. The predicted octanol–water partition coefficient (Wildman–Crippen LogP) is 6.18. The highest BCUT2D eigenvalue weighted by Crippen LogP contribution is 2.34. The molecule has 0 unspecified atom stereocenters. The third-order valence-electron chi connectivity index (χ3n) is 4.33. The van der Waals surface area contributed by atoms with E-state index in [0.717, 1.165) is 32.9 Å². The largest absolute Gasteiger partial charge is 0.244 e. The summed E-state index contributed by atoms with van der Waals surface area (Å²) in [5, 5.41) is 4.46. The smallest absolute Gasteiger partial charge is 0.107 e. The van der Waals surface area contributed by atoms with E-state index < -0.39 is 0 Å². The molecule has 0 aliphatic rings. The molecule has 3 aromatic carbocycles. The van der Waals surface area contributed by atoms with E-state index >= 15 is 0 Å². The third kappa shape index (κ3) is 2.49. The summed E-state index contributed by atoms with van der Waals surface area (Å²) in [5.41, 5.74) is 4.84. The Morgan fingerprint density at radius 2 is 1.24 bits per heavy atom. The molecule has 0 aliphatic heterocycles. The van der Waals surface area contributed by atoms with Gasteiger partial charge in [-0.05, 0) is 34.4 Å². The van der Waals surface area contributed by atoms with Crippen LogP contribution in [0.3, 0.4) is 0 Å². The Morgan fingerprint density at radius 3 is 1.88 bits per heavy atom. The lowest BCUT2D eigenvalue weighted by molar-refractivity contribution is 1.31. The van der Waals surface area contributed by atoms with Crippen LogP contribution in [0.2, 0.25) is 0 Å². The Kier molecular flexibility index (Phi) is 3.32. The Hall–Kier alpha value is -3.04. The lowest BCUT2D eigenvalue weighted by atomic mass is 10.1. The molecule has 2 nitrogen and oxygen atoms in total. The van der Waals surface area contributed by atoms with E-state index in [2.05, 4.69) is 66.0 Å². The van der Waals surface area contributed by atoms with Crippen molar-refractivity contribution < 1.29 is 0 Å². The third-order valence-corrected chi connectivity index (χ3v) is 5.21. The van der Waals surface area contributed by atoms with Gasteiger partial charge in [0.2, 0.25) is 0 Å². The number of aromatic nitrogens is 2. The summed E-state index contributed by atoms with van der Waals surface area (Å²) >= 11 is 1.69. The SMILES string of the molecule is c1ccc(-c2nc3cc4ccccc4cc3nc2-c2cccs2)cc1. The summed E-state index contributed by atoms with van der Waals surface area (Å²) in [4.78, 5) is 11.1. The molecule has 2 heterocycles. The molecule has 2 aromatic heterocycles. The van der Waals surface area contributed by atoms with Crippen molar-refractivity contribution >= 4 is 33.1 Å². The maximum absolute atomic E-state index is 5.00. The molecule has 0 fully saturated rings. The zero-order valence-electron chi connectivity index (χ0n) is 13.4. The van der Waals surface area contributed by atoms with Crippen LogP contribution >= 0.6 is 11.3 Å². The normalized spacial score (nSPS) is 11.2. The van der Waals surface area contributed by atoms with Crippen molar-refractivity contribution in [3.05, 3.63) is 84.2 Å². The van der Waals surface area contributed by atoms with E-state index in [4.69, 9.17) is 9.97 Å². The number of hydrogen-bond acceptors (Lipinski definition) is 3. The molecule has 0 saturated carbocycles. The Bertz CT molecular complexity index is 1180. The quantitative estimate of drug-likeness (QED) is 0.359. The van der Waals surface area contributed by atoms with Gasteiger partial charge >= 0.3 is 0 Å². The van der Waals surface area contributed by atoms with E-state index in [1.807, 2.05) is 18.2 Å². The molecule has 0 bridgehead atoms. The molecular formula is C22H14N2S. The minimum atomic E-state index is 0.929. The summed E-state index contributed by atoms with van der Waals surface area (Å²) in [6.45, 7) is 0. The molecule has 0 N–H and O–H groups in total. The van der Waals surface area contributed by atoms with Gasteiger partial charge in [-0.15, -0.1) is 11.3 Å². The van der Waals surface area contributed by atoms with Gasteiger partial charge in [-0.1, -0.05) is 60.7 Å². The Labute approximate surface area is 149 Å². The van der Waals surface area contributed by atoms with Crippen LogP contribution in [0.4, 0.5) is 0 Å². The van der Waals surface area contributed by atoms with Crippen LogP contribution in [0.15, 0.2) is 84.2 Å². The molecule has 3 heteroatoms. The first-order chi connectivity index (χ1) is 12.4. The van der Waals surface area contributed by atoms with Gasteiger partial charge in [-0.2, -0.15) is 0 Å². The zero-order chi connectivity index (χ0) is 16.6. The molecule has 118 valence electrons. The van der Waals surface area contributed by atoms with Gasteiger partial charge in [-0.3, -0.25) is 0 Å². The van der Waals surface area contributed by atoms with Crippen molar-refractivity contribution in [2.75, 3.05) is 0 Å². The zero-order valence-corrected chi connectivity index (χ0v) is 14.2. The van der Waals surface area contributed by atoms with Gasteiger partial charge < -0.3 is 0 Å². The number of hydrogen-bond donors (Lipinski definition) is 0. The summed E-state index contributed by atoms with van der Waals surface area (Å²) in [6, 6.07) is 27.1. The minimum absolute atomic E-state index is 0.929. The summed E-state index contributed by atoms with van der Waals surface area (Å²) in [7, 11) is 0. The lowest BCUT2D eigenvalue weighted by Crippen LogP contribution is -1.94. The molecule has 0 saturated heterocycles. The molecular weight excluding hydrogens is 324 g/mol. The molecule has 5 aromatic rings. The van der Waals surface area contributed by atoms with Crippen LogP contribution in [-0.2, 0) is 0 Å². The number of nitrogens with zero attached hydrogens (tertiary/aromatic N) is 2. The number of fused-ring (bicyclic) bond motifs is 2. The van der Waals surface area contributed by atoms with Crippen molar-refractivity contribution in [3.8, 4) is 21.8 Å². The molecule has 0 spiro atoms. The molecule has 5 rings (SSSR count). The highest BCUT2D eigenvalue weighted by atomic mass is 32.1. The van der Waals surface area contributed by atoms with E-state index in [-0.39, 0.29) is 0 Å². The Morgan fingerprint density at radius 1 is 0.600 bits per heavy atom. The fourth-order valence-corrected chi connectivity index (χ4v) is 3.84. The van der Waals surface area contributed by atoms with Crippen molar-refractivity contribution in [1.82, 2.24) is 9.97 Å². The first kappa shape index (κ1) is 14.3. The first-order valence-corrected chi connectivity index (χ1v) is 9.06. The minimum Gasteiger partial charge on any atom is -0.244 e. The average molecular weight is 338 g/mol. The van der Waals surface area contributed by atoms with Crippen molar-refractivity contribution in [2.45, 2.75) is 0 Å². The number of rotatable bonds is 2. The molecule has 0 radical (unpaired) electrons. The summed E-state index contributed by atoms with van der Waals surface area (Å²) < 4.78 is 0. The van der Waals surface area contributed by atoms with Crippen molar-refractivity contribution in [1.29, 1.82) is 0 Å². The lowest BCUT2D eigenvalue weighted by Gasteiger charge is -2.10. The van der Waals surface area contributed by atoms with E-state index in [1.54, 1.807) is 11.3 Å². The molecule has 0 atom stereocenters. The fraction of sp³-hybridized carbons (Fsp3) is 0. The van der Waals surface area contributed by atoms with Crippen LogP contribution in [0.25, 0.3) is 43.6 Å². The van der Waals surface area contributed by atoms with E-state index in [0.29, 0.717) is 0 Å². The predicted molar refractivity (Wildman–Crippen MR) is 106 cm³/mol. The average Bonchev–Trinajstić information content (AvgIpc) is 3.20. The maximum atomic E-state index is 5.00. The van der Waals surface area contributed by atoms with E-state index in [9.17, 15) is 0 Å². The summed E-state index contributed by atoms with van der Waals surface area (Å²) in [6.07, 6.45) is 0. The second-order valence-electron chi connectivity index (χ2n) is 5.95. The molecule has 0 amide bonds. The van der Waals surface area contributed by atoms with Gasteiger partial charge in [-0.25, -0.2) is 9.97 Å². The second kappa shape index (κ2) is 5.80. The number of benzene rings is 3. The van der Waals surface area contributed by atoms with Crippen LogP contribution in [-0.4, -0.2) is 9.97 Å². The van der Waals surface area contributed by atoms with Crippen LogP contribution in [0, 0.1) is 0 Å². The van der Waals surface area contributed by atoms with Crippen molar-refractivity contribution in [3.63, 3.8) is 0 Å². The highest BCUT2D eigenvalue weighted by Gasteiger charge is 2.14. The van der Waals surface area contributed by atoms with Crippen molar-refractivity contribution in [2.24, 2.45) is 0 Å². The first-order valence-electron chi connectivity index (χ1n) is 8.18. The second-order valence-corrected chi connectivity index (χ2v) is 6.90. The van der Waals surface area contributed by atoms with Crippen LogP contribution in [0.1, 0.15) is 0 Å². The fourth-order valence-electron chi connectivity index (χ4n) is 3.12. The van der Waals surface area contributed by atoms with Gasteiger partial charge in [0.05, 0.1) is 21.6 Å². The van der Waals surface area contributed by atoms with Gasteiger partial charge in [0.25, 0.3) is 0 Å². The van der Waals surface area contributed by atoms with Gasteiger partial charge in [0, 0.05) is 5.56 Å². The Balaban J connectivity index is 1.86. The topological polar surface area (TPSA) is 25.8 Å². The highest BCUT2D eigenvalue weighted by molar-refractivity contribution is 7.13. The standard InChI is InChI=1S/C22H14N2S/c1-2-7-15(8-3-1)21-22(20-11-6-12-25-20)24-19-14-17-10-5-4-9-16(17)13-18(19)23-21/h1-14H. The van der Waals surface area contributed by atoms with E-state index in [1.165, 1.54) is 10.8 Å². The van der Waals surface area contributed by atoms with Crippen LogP contribution in [0.5, 0.6) is 0 Å². The summed E-state index contributed by atoms with van der Waals surface area (Å²) in [5.74, 6) is 0. The van der Waals surface area contributed by atoms with Gasteiger partial charge in [0.1, 0.15) is 5.69 Å². The van der Waals surface area contributed by atoms with Gasteiger partial charge in [0.15, 0.2) is 0 Å². The molecule has 0 aliphatic carbocycles. The number of thiophene rings is 1. The monoisotopic (exact) mass is 338 g/mol. The molecule has 25 heavy (non-hydrogen) atoms. The van der Waals surface area contributed by atoms with Crippen LogP contribution < -0.4 is 0 Å².